The fraction of sp³-hybridized carbons (Fsp3) is 0.571. The normalized spacial score (nSPS) is 13.6. The van der Waals surface area contributed by atoms with Gasteiger partial charge < -0.3 is 5.11 Å². The van der Waals surface area contributed by atoms with E-state index in [0.29, 0.717) is 0 Å². The smallest absolute Gasteiger partial charge is 0.241 e. The van der Waals surface area contributed by atoms with Gasteiger partial charge in [-0.15, -0.1) is 0 Å². The second kappa shape index (κ2) is 4.89. The van der Waals surface area contributed by atoms with E-state index in [4.69, 9.17) is 0 Å². The summed E-state index contributed by atoms with van der Waals surface area (Å²) >= 11 is 0. The average Bonchev–Trinajstić information content (AvgIpc) is 2.18. The molecule has 0 radical (unpaired) electrons. The second-order valence-electron chi connectivity index (χ2n) is 6.04. The number of hydrogen-bond donors (Lipinski definition) is 2. The Balaban J connectivity index is 3.16. The van der Waals surface area contributed by atoms with Crippen molar-refractivity contribution in [2.45, 2.75) is 57.6 Å². The van der Waals surface area contributed by atoms with Crippen molar-refractivity contribution in [3.63, 3.8) is 0 Å². The van der Waals surface area contributed by atoms with E-state index in [-0.39, 0.29) is 4.90 Å². The highest BCUT2D eigenvalue weighted by Crippen LogP contribution is 2.24. The van der Waals surface area contributed by atoms with Crippen LogP contribution >= 0.6 is 0 Å². The largest absolute Gasteiger partial charge is 0.389 e. The lowest BCUT2D eigenvalue weighted by Gasteiger charge is -2.37. The first-order chi connectivity index (χ1) is 8.37. The van der Waals surface area contributed by atoms with E-state index >= 15 is 0 Å². The van der Waals surface area contributed by atoms with Crippen molar-refractivity contribution in [3.05, 3.63) is 29.3 Å². The Morgan fingerprint density at radius 1 is 1.05 bits per heavy atom. The molecular formula is C14H23NO3S. The number of hydrogen-bond acceptors (Lipinski definition) is 3. The van der Waals surface area contributed by atoms with Crippen LogP contribution in [0.5, 0.6) is 0 Å². The van der Waals surface area contributed by atoms with E-state index < -0.39 is 21.2 Å². The topological polar surface area (TPSA) is 66.4 Å². The summed E-state index contributed by atoms with van der Waals surface area (Å²) in [6, 6.07) is 4.99. The first-order valence-corrected chi connectivity index (χ1v) is 7.69. The molecule has 0 aromatic heterocycles. The highest BCUT2D eigenvalue weighted by atomic mass is 32.2. The highest BCUT2D eigenvalue weighted by molar-refractivity contribution is 7.89. The maximum Gasteiger partial charge on any atom is 0.241 e. The molecule has 0 aliphatic rings. The molecule has 0 fully saturated rings. The van der Waals surface area contributed by atoms with Gasteiger partial charge in [-0.1, -0.05) is 6.07 Å². The van der Waals surface area contributed by atoms with Crippen LogP contribution in [0.2, 0.25) is 0 Å². The van der Waals surface area contributed by atoms with Gasteiger partial charge in [0, 0.05) is 0 Å². The van der Waals surface area contributed by atoms with Crippen LogP contribution in [0.15, 0.2) is 23.1 Å². The van der Waals surface area contributed by atoms with Gasteiger partial charge in [-0.3, -0.25) is 0 Å². The molecular weight excluding hydrogens is 262 g/mol. The van der Waals surface area contributed by atoms with E-state index in [1.54, 1.807) is 45.9 Å². The number of benzene rings is 1. The molecule has 108 valence electrons. The lowest BCUT2D eigenvalue weighted by Crippen LogP contribution is -2.57. The fourth-order valence-electron chi connectivity index (χ4n) is 1.40. The number of aryl methyl sites for hydroxylation is 2. The monoisotopic (exact) mass is 285 g/mol. The summed E-state index contributed by atoms with van der Waals surface area (Å²) in [6.45, 7) is 10.3. The molecule has 0 spiro atoms. The lowest BCUT2D eigenvalue weighted by atomic mass is 9.87. The molecule has 1 aromatic carbocycles. The van der Waals surface area contributed by atoms with Crippen LogP contribution in [0.4, 0.5) is 0 Å². The summed E-state index contributed by atoms with van der Waals surface area (Å²) in [5.74, 6) is 0. The quantitative estimate of drug-likeness (QED) is 0.890. The Morgan fingerprint density at radius 2 is 1.58 bits per heavy atom. The van der Waals surface area contributed by atoms with Gasteiger partial charge in [0.1, 0.15) is 0 Å². The minimum Gasteiger partial charge on any atom is -0.389 e. The third-order valence-electron chi connectivity index (χ3n) is 3.71. The summed E-state index contributed by atoms with van der Waals surface area (Å²) in [7, 11) is -3.65. The number of nitrogens with one attached hydrogen (secondary N) is 1. The Labute approximate surface area is 115 Å². The Hall–Kier alpha value is -0.910. The third-order valence-corrected chi connectivity index (χ3v) is 5.36. The molecule has 1 aromatic rings. The first kappa shape index (κ1) is 16.1. The van der Waals surface area contributed by atoms with E-state index in [9.17, 15) is 13.5 Å². The van der Waals surface area contributed by atoms with E-state index in [1.165, 1.54) is 0 Å². The summed E-state index contributed by atoms with van der Waals surface area (Å²) < 4.78 is 27.2. The molecule has 0 saturated carbocycles. The van der Waals surface area contributed by atoms with Crippen LogP contribution < -0.4 is 4.72 Å². The SMILES string of the molecule is Cc1ccc(S(=O)(=O)NC(C)(C)C(C)(C)O)cc1C. The van der Waals surface area contributed by atoms with Crippen LogP contribution in [0.25, 0.3) is 0 Å². The van der Waals surface area contributed by atoms with E-state index in [0.717, 1.165) is 11.1 Å². The first-order valence-electron chi connectivity index (χ1n) is 6.20. The molecule has 0 heterocycles. The molecule has 0 atom stereocenters. The van der Waals surface area contributed by atoms with Crippen LogP contribution in [0.1, 0.15) is 38.8 Å². The predicted octanol–water partition coefficient (Wildman–Crippen LogP) is 2.13. The number of sulfonamides is 1. The average molecular weight is 285 g/mol. The summed E-state index contributed by atoms with van der Waals surface area (Å²) in [5, 5.41) is 10.0. The highest BCUT2D eigenvalue weighted by Gasteiger charge is 2.38. The zero-order chi connectivity index (χ0) is 15.1. The van der Waals surface area contributed by atoms with Crippen LogP contribution in [0, 0.1) is 13.8 Å². The summed E-state index contributed by atoms with van der Waals surface area (Å²) in [4.78, 5) is 0.216. The molecule has 0 aliphatic heterocycles. The van der Waals surface area contributed by atoms with E-state index in [2.05, 4.69) is 4.72 Å². The van der Waals surface area contributed by atoms with Crippen molar-refractivity contribution in [2.24, 2.45) is 0 Å². The maximum atomic E-state index is 12.3. The lowest BCUT2D eigenvalue weighted by molar-refractivity contribution is 0.00639. The minimum atomic E-state index is -3.65. The Morgan fingerprint density at radius 3 is 2.00 bits per heavy atom. The summed E-state index contributed by atoms with van der Waals surface area (Å²) in [5.41, 5.74) is -0.172. The molecule has 0 unspecified atom stereocenters. The van der Waals surface area contributed by atoms with Gasteiger partial charge in [-0.05, 0) is 64.8 Å². The second-order valence-corrected chi connectivity index (χ2v) is 7.72. The molecule has 1 rings (SSSR count). The number of aliphatic hydroxyl groups is 1. The molecule has 0 aliphatic carbocycles. The van der Waals surface area contributed by atoms with Gasteiger partial charge in [0.15, 0.2) is 0 Å². The van der Waals surface area contributed by atoms with Crippen LogP contribution in [-0.2, 0) is 10.0 Å². The molecule has 0 bridgehead atoms. The van der Waals surface area contributed by atoms with Crippen molar-refractivity contribution in [3.8, 4) is 0 Å². The molecule has 4 nitrogen and oxygen atoms in total. The van der Waals surface area contributed by atoms with Crippen LogP contribution in [-0.4, -0.2) is 24.7 Å². The maximum absolute atomic E-state index is 12.3. The van der Waals surface area contributed by atoms with Crippen molar-refractivity contribution >= 4 is 10.0 Å². The van der Waals surface area contributed by atoms with Crippen LogP contribution in [0.3, 0.4) is 0 Å². The van der Waals surface area contributed by atoms with Crippen molar-refractivity contribution < 1.29 is 13.5 Å². The van der Waals surface area contributed by atoms with Gasteiger partial charge in [-0.2, -0.15) is 0 Å². The number of rotatable bonds is 4. The van der Waals surface area contributed by atoms with Gasteiger partial charge in [-0.25, -0.2) is 13.1 Å². The Kier molecular flexibility index (Phi) is 4.15. The fourth-order valence-corrected chi connectivity index (χ4v) is 3.02. The summed E-state index contributed by atoms with van der Waals surface area (Å²) in [6.07, 6.45) is 0. The molecule has 19 heavy (non-hydrogen) atoms. The third kappa shape index (κ3) is 3.55. The molecule has 0 saturated heterocycles. The molecule has 5 heteroatoms. The standard InChI is InChI=1S/C14H23NO3S/c1-10-7-8-12(9-11(10)2)19(17,18)15-13(3,4)14(5,6)16/h7-9,15-16H,1-6H3. The zero-order valence-electron chi connectivity index (χ0n) is 12.4. The van der Waals surface area contributed by atoms with E-state index in [1.807, 2.05) is 13.8 Å². The van der Waals surface area contributed by atoms with Gasteiger partial charge in [0.25, 0.3) is 0 Å². The van der Waals surface area contributed by atoms with Crippen molar-refractivity contribution in [1.82, 2.24) is 4.72 Å². The van der Waals surface area contributed by atoms with Crippen molar-refractivity contribution in [2.75, 3.05) is 0 Å². The molecule has 0 amide bonds. The van der Waals surface area contributed by atoms with Gasteiger partial charge in [0.05, 0.1) is 16.0 Å². The molecule has 2 N–H and O–H groups in total. The van der Waals surface area contributed by atoms with Gasteiger partial charge >= 0.3 is 0 Å². The predicted molar refractivity (Wildman–Crippen MR) is 76.6 cm³/mol. The van der Waals surface area contributed by atoms with Crippen molar-refractivity contribution in [1.29, 1.82) is 0 Å². The van der Waals surface area contributed by atoms with Gasteiger partial charge in [0.2, 0.25) is 10.0 Å². The zero-order valence-corrected chi connectivity index (χ0v) is 13.2. The Bertz CT molecular complexity index is 569. The minimum absolute atomic E-state index is 0.216.